The monoisotopic (exact) mass is 372 g/mol. The summed E-state index contributed by atoms with van der Waals surface area (Å²) in [5.41, 5.74) is 1.26. The van der Waals surface area contributed by atoms with Crippen LogP contribution >= 0.6 is 0 Å². The molecule has 9 nitrogen and oxygen atoms in total. The zero-order valence-electron chi connectivity index (χ0n) is 15.9. The minimum atomic E-state index is -0.729. The van der Waals surface area contributed by atoms with Crippen LogP contribution in [0.3, 0.4) is 0 Å². The van der Waals surface area contributed by atoms with E-state index < -0.39 is 11.8 Å². The maximum absolute atomic E-state index is 12.4. The Kier molecular flexibility index (Phi) is 5.48. The van der Waals surface area contributed by atoms with Crippen molar-refractivity contribution >= 4 is 35.2 Å². The van der Waals surface area contributed by atoms with Crippen LogP contribution in [0.2, 0.25) is 0 Å². The van der Waals surface area contributed by atoms with Crippen molar-refractivity contribution in [2.24, 2.45) is 15.9 Å². The topological polar surface area (TPSA) is 109 Å². The molecule has 3 rings (SSSR count). The fraction of sp³-hybridized carbons (Fsp3) is 0.556. The van der Waals surface area contributed by atoms with E-state index in [2.05, 4.69) is 20.4 Å². The summed E-state index contributed by atoms with van der Waals surface area (Å²) in [4.78, 5) is 46.9. The Morgan fingerprint density at radius 3 is 2.52 bits per heavy atom. The van der Waals surface area contributed by atoms with Crippen molar-refractivity contribution in [3.8, 4) is 0 Å². The lowest BCUT2D eigenvalue weighted by Gasteiger charge is -2.25. The maximum Gasteiger partial charge on any atom is 0.315 e. The third-order valence-electron chi connectivity index (χ3n) is 4.80. The number of carbonyl (C=O) groups is 3. The second-order valence-electron chi connectivity index (χ2n) is 6.85. The van der Waals surface area contributed by atoms with Crippen LogP contribution < -0.4 is 5.32 Å². The van der Waals surface area contributed by atoms with Gasteiger partial charge in [-0.15, -0.1) is 0 Å². The number of amides is 3. The molecule has 0 saturated carbocycles. The van der Waals surface area contributed by atoms with E-state index >= 15 is 0 Å². The minimum Gasteiger partial charge on any atom is -0.334 e. The molecular formula is C18H24N6O3. The van der Waals surface area contributed by atoms with E-state index in [0.29, 0.717) is 30.9 Å². The average molecular weight is 372 g/mol. The molecule has 1 aromatic heterocycles. The Labute approximate surface area is 157 Å². The highest BCUT2D eigenvalue weighted by Crippen LogP contribution is 2.18. The first-order valence-electron chi connectivity index (χ1n) is 9.25. The summed E-state index contributed by atoms with van der Waals surface area (Å²) in [5.74, 6) is -1.55. The average Bonchev–Trinajstić information content (AvgIpc) is 3.01. The van der Waals surface area contributed by atoms with Crippen molar-refractivity contribution in [3.63, 3.8) is 0 Å². The highest BCUT2D eigenvalue weighted by Gasteiger charge is 2.28. The third kappa shape index (κ3) is 3.96. The normalized spacial score (nSPS) is 20.2. The van der Waals surface area contributed by atoms with Gasteiger partial charge in [-0.05, 0) is 39.5 Å². The van der Waals surface area contributed by atoms with E-state index in [0.717, 1.165) is 19.3 Å². The zero-order chi connectivity index (χ0) is 19.6. The van der Waals surface area contributed by atoms with Gasteiger partial charge in [-0.2, -0.15) is 14.8 Å². The van der Waals surface area contributed by atoms with Gasteiger partial charge >= 0.3 is 11.8 Å². The van der Waals surface area contributed by atoms with Gasteiger partial charge in [-0.1, -0.05) is 6.92 Å². The maximum atomic E-state index is 12.4. The largest absolute Gasteiger partial charge is 0.334 e. The Hall–Kier alpha value is -2.84. The van der Waals surface area contributed by atoms with E-state index in [-0.39, 0.29) is 23.6 Å². The van der Waals surface area contributed by atoms with Crippen molar-refractivity contribution in [2.75, 3.05) is 18.4 Å². The molecule has 1 unspecified atom stereocenters. The van der Waals surface area contributed by atoms with Crippen LogP contribution in [0.5, 0.6) is 0 Å². The van der Waals surface area contributed by atoms with Crippen LogP contribution in [0.1, 0.15) is 45.2 Å². The molecule has 3 amide bonds. The fourth-order valence-corrected chi connectivity index (χ4v) is 3.33. The van der Waals surface area contributed by atoms with Gasteiger partial charge in [0.25, 0.3) is 11.9 Å². The summed E-state index contributed by atoms with van der Waals surface area (Å²) >= 11 is 0. The van der Waals surface area contributed by atoms with E-state index in [4.69, 9.17) is 0 Å². The lowest BCUT2D eigenvalue weighted by atomic mass is 10.00. The first-order valence-corrected chi connectivity index (χ1v) is 9.25. The molecule has 2 aliphatic rings. The van der Waals surface area contributed by atoms with Gasteiger partial charge in [-0.3, -0.25) is 14.4 Å². The van der Waals surface area contributed by atoms with Crippen LogP contribution in [0.4, 0.5) is 5.82 Å². The van der Waals surface area contributed by atoms with E-state index in [1.165, 1.54) is 4.68 Å². The first kappa shape index (κ1) is 18.9. The molecule has 0 spiro atoms. The first-order chi connectivity index (χ1) is 12.9. The molecule has 0 bridgehead atoms. The van der Waals surface area contributed by atoms with Gasteiger partial charge in [0.1, 0.15) is 5.82 Å². The Bertz CT molecular complexity index is 832. The van der Waals surface area contributed by atoms with Crippen LogP contribution in [-0.2, 0) is 14.4 Å². The molecule has 144 valence electrons. The number of aryl methyl sites for hydroxylation is 1. The fourth-order valence-electron chi connectivity index (χ4n) is 3.33. The zero-order valence-corrected chi connectivity index (χ0v) is 15.9. The van der Waals surface area contributed by atoms with Gasteiger partial charge in [0.2, 0.25) is 0 Å². The Balaban J connectivity index is 1.81. The predicted octanol–water partition coefficient (Wildman–Crippen LogP) is 1.37. The summed E-state index contributed by atoms with van der Waals surface area (Å²) in [7, 11) is 0. The van der Waals surface area contributed by atoms with E-state index in [1.807, 2.05) is 6.92 Å². The summed E-state index contributed by atoms with van der Waals surface area (Å²) in [6.45, 7) is 6.60. The van der Waals surface area contributed by atoms with E-state index in [1.54, 1.807) is 24.8 Å². The standard InChI is InChI=1S/C18H24N6O3/c1-4-13-12(3)19-18(21-15(13)25)24-14(10-11(2)22-24)20-16(26)17(27)23-8-6-5-7-9-23/h10,13H,4-9H2,1-3H3,(H,20,26). The third-order valence-corrected chi connectivity index (χ3v) is 4.80. The highest BCUT2D eigenvalue weighted by atomic mass is 16.2. The van der Waals surface area contributed by atoms with Crippen molar-refractivity contribution in [1.82, 2.24) is 14.7 Å². The number of piperidine rings is 1. The van der Waals surface area contributed by atoms with Gasteiger partial charge in [0, 0.05) is 24.9 Å². The molecule has 0 radical (unpaired) electrons. The molecule has 1 fully saturated rings. The molecule has 1 saturated heterocycles. The quantitative estimate of drug-likeness (QED) is 0.791. The van der Waals surface area contributed by atoms with Gasteiger partial charge in [-0.25, -0.2) is 4.99 Å². The molecule has 2 aliphatic heterocycles. The molecule has 3 heterocycles. The van der Waals surface area contributed by atoms with Crippen molar-refractivity contribution in [2.45, 2.75) is 46.5 Å². The summed E-state index contributed by atoms with van der Waals surface area (Å²) in [5, 5.41) is 6.86. The molecule has 1 aromatic rings. The van der Waals surface area contributed by atoms with Crippen molar-refractivity contribution in [1.29, 1.82) is 0 Å². The number of nitrogens with zero attached hydrogens (tertiary/aromatic N) is 5. The SMILES string of the molecule is CCC1C(=O)N=C(n2nc(C)cc2NC(=O)C(=O)N2CCCCC2)N=C1C. The summed E-state index contributed by atoms with van der Waals surface area (Å²) in [6.07, 6.45) is 3.50. The summed E-state index contributed by atoms with van der Waals surface area (Å²) in [6, 6.07) is 1.62. The minimum absolute atomic E-state index is 0.0935. The van der Waals surface area contributed by atoms with Gasteiger partial charge in [0.15, 0.2) is 0 Å². The van der Waals surface area contributed by atoms with Crippen LogP contribution in [0.25, 0.3) is 0 Å². The number of rotatable bonds is 2. The molecule has 0 aromatic carbocycles. The number of likely N-dealkylation sites (tertiary alicyclic amines) is 1. The number of aromatic nitrogens is 2. The smallest absolute Gasteiger partial charge is 0.315 e. The van der Waals surface area contributed by atoms with Crippen LogP contribution in [-0.4, -0.2) is 57.2 Å². The lowest BCUT2D eigenvalue weighted by molar-refractivity contribution is -0.143. The highest BCUT2D eigenvalue weighted by molar-refractivity contribution is 6.39. The summed E-state index contributed by atoms with van der Waals surface area (Å²) < 4.78 is 1.30. The molecule has 1 N–H and O–H groups in total. The molecule has 0 aliphatic carbocycles. The Morgan fingerprint density at radius 2 is 1.89 bits per heavy atom. The lowest BCUT2D eigenvalue weighted by Crippen LogP contribution is -2.42. The van der Waals surface area contributed by atoms with Gasteiger partial charge < -0.3 is 10.2 Å². The second-order valence-corrected chi connectivity index (χ2v) is 6.85. The van der Waals surface area contributed by atoms with E-state index in [9.17, 15) is 14.4 Å². The van der Waals surface area contributed by atoms with Crippen LogP contribution in [0.15, 0.2) is 16.1 Å². The van der Waals surface area contributed by atoms with Crippen molar-refractivity contribution < 1.29 is 14.4 Å². The van der Waals surface area contributed by atoms with Gasteiger partial charge in [0.05, 0.1) is 11.6 Å². The molecule has 27 heavy (non-hydrogen) atoms. The number of nitrogens with one attached hydrogen (secondary N) is 1. The number of hydrogen-bond acceptors (Lipinski definition) is 5. The number of hydrogen-bond donors (Lipinski definition) is 1. The van der Waals surface area contributed by atoms with Crippen molar-refractivity contribution in [3.05, 3.63) is 11.8 Å². The van der Waals surface area contributed by atoms with Crippen LogP contribution in [0, 0.1) is 12.8 Å². The Morgan fingerprint density at radius 1 is 1.19 bits per heavy atom. The number of aliphatic imine (C=N–C) groups is 2. The molecule has 1 atom stereocenters. The number of anilines is 1. The molecular weight excluding hydrogens is 348 g/mol. The second kappa shape index (κ2) is 7.81. The molecule has 9 heteroatoms. The predicted molar refractivity (Wildman–Crippen MR) is 101 cm³/mol. The number of carbonyl (C=O) groups excluding carboxylic acids is 3.